The molecule has 1 aliphatic carbocycles. The minimum Gasteiger partial charge on any atom is -0.393 e. The van der Waals surface area contributed by atoms with Crippen LogP contribution >= 0.6 is 0 Å². The third kappa shape index (κ3) is 1.26. The molecular weight excluding hydrogens is 168 g/mol. The summed E-state index contributed by atoms with van der Waals surface area (Å²) in [5, 5.41) is 0. The Balaban J connectivity index is 2.21. The summed E-state index contributed by atoms with van der Waals surface area (Å²) in [7, 11) is 0. The molecule has 0 radical (unpaired) electrons. The third-order valence-electron chi connectivity index (χ3n) is 3.13. The first kappa shape index (κ1) is 8.73. The van der Waals surface area contributed by atoms with Crippen molar-refractivity contribution in [1.82, 2.24) is 0 Å². The molecule has 0 amide bonds. The zero-order valence-corrected chi connectivity index (χ0v) is 7.84. The predicted octanol–water partition coefficient (Wildman–Crippen LogP) is 1.66. The Morgan fingerprint density at radius 3 is 2.54 bits per heavy atom. The second-order valence-electron chi connectivity index (χ2n) is 4.12. The van der Waals surface area contributed by atoms with Crippen molar-refractivity contribution in [2.45, 2.75) is 39.0 Å². The van der Waals surface area contributed by atoms with Gasteiger partial charge in [-0.05, 0) is 25.2 Å². The number of hydrogen-bond donors (Lipinski definition) is 0. The molecule has 0 aromatic carbocycles. The predicted molar refractivity (Wildman–Crippen MR) is 45.8 cm³/mol. The summed E-state index contributed by atoms with van der Waals surface area (Å²) in [4.78, 5) is 22.6. The normalized spacial score (nSPS) is 33.6. The minimum atomic E-state index is -0.425. The van der Waals surface area contributed by atoms with E-state index < -0.39 is 5.41 Å². The fraction of sp³-hybridized carbons (Fsp3) is 0.800. The molecule has 2 aliphatic rings. The molecule has 1 heterocycles. The average molecular weight is 182 g/mol. The molecule has 2 fully saturated rings. The number of esters is 2. The van der Waals surface area contributed by atoms with Crippen molar-refractivity contribution in [2.24, 2.45) is 11.3 Å². The lowest BCUT2D eigenvalue weighted by Crippen LogP contribution is -2.28. The smallest absolute Gasteiger partial charge is 0.320 e. The van der Waals surface area contributed by atoms with E-state index in [4.69, 9.17) is 0 Å². The molecule has 0 aromatic rings. The van der Waals surface area contributed by atoms with Gasteiger partial charge in [-0.15, -0.1) is 0 Å². The summed E-state index contributed by atoms with van der Waals surface area (Å²) in [6, 6.07) is 0. The van der Waals surface area contributed by atoms with Crippen LogP contribution in [-0.4, -0.2) is 11.9 Å². The molecule has 1 atom stereocenters. The molecule has 1 saturated carbocycles. The summed E-state index contributed by atoms with van der Waals surface area (Å²) < 4.78 is 4.65. The molecular formula is C10H14O3. The minimum absolute atomic E-state index is 0.262. The van der Waals surface area contributed by atoms with Crippen molar-refractivity contribution in [2.75, 3.05) is 0 Å². The van der Waals surface area contributed by atoms with E-state index in [2.05, 4.69) is 4.74 Å². The first-order valence-corrected chi connectivity index (χ1v) is 4.94. The molecule has 0 N–H and O–H groups in total. The van der Waals surface area contributed by atoms with Crippen LogP contribution in [0, 0.1) is 11.3 Å². The Bertz CT molecular complexity index is 255. The maximum atomic E-state index is 11.5. The van der Waals surface area contributed by atoms with Crippen LogP contribution < -0.4 is 0 Å². The highest BCUT2D eigenvalue weighted by Gasteiger charge is 2.56. The second-order valence-corrected chi connectivity index (χ2v) is 4.12. The van der Waals surface area contributed by atoms with Gasteiger partial charge < -0.3 is 4.74 Å². The van der Waals surface area contributed by atoms with E-state index in [9.17, 15) is 9.59 Å². The number of rotatable bonds is 3. The summed E-state index contributed by atoms with van der Waals surface area (Å²) in [5.41, 5.74) is -0.425. The molecule has 1 unspecified atom stereocenters. The molecule has 13 heavy (non-hydrogen) atoms. The highest BCUT2D eigenvalue weighted by molar-refractivity contribution is 5.97. The standard InChI is InChI=1S/C10H14O3/c1-2-5-10(7-3-4-7)6-8(11)13-9(10)12/h7H,2-6H2,1H3. The van der Waals surface area contributed by atoms with Gasteiger partial charge in [0.2, 0.25) is 0 Å². The molecule has 2 rings (SSSR count). The van der Waals surface area contributed by atoms with E-state index in [1.54, 1.807) is 0 Å². The van der Waals surface area contributed by atoms with Gasteiger partial charge in [-0.3, -0.25) is 9.59 Å². The molecule has 3 heteroatoms. The van der Waals surface area contributed by atoms with Gasteiger partial charge in [-0.2, -0.15) is 0 Å². The number of carbonyl (C=O) groups excluding carboxylic acids is 2. The van der Waals surface area contributed by atoms with Crippen molar-refractivity contribution >= 4 is 11.9 Å². The van der Waals surface area contributed by atoms with Gasteiger partial charge in [0.25, 0.3) is 0 Å². The second kappa shape index (κ2) is 2.82. The molecule has 1 saturated heterocycles. The van der Waals surface area contributed by atoms with Crippen molar-refractivity contribution in [3.63, 3.8) is 0 Å². The van der Waals surface area contributed by atoms with E-state index >= 15 is 0 Å². The van der Waals surface area contributed by atoms with Gasteiger partial charge >= 0.3 is 11.9 Å². The van der Waals surface area contributed by atoms with Gasteiger partial charge in [0.15, 0.2) is 0 Å². The fourth-order valence-corrected chi connectivity index (χ4v) is 2.36. The zero-order valence-electron chi connectivity index (χ0n) is 7.84. The summed E-state index contributed by atoms with van der Waals surface area (Å²) in [5.74, 6) is -0.168. The number of cyclic esters (lactones) is 2. The van der Waals surface area contributed by atoms with Gasteiger partial charge in [0, 0.05) is 0 Å². The number of ether oxygens (including phenoxy) is 1. The highest BCUT2D eigenvalue weighted by atomic mass is 16.6. The van der Waals surface area contributed by atoms with E-state index in [-0.39, 0.29) is 11.9 Å². The Kier molecular flexibility index (Phi) is 1.90. The fourth-order valence-electron chi connectivity index (χ4n) is 2.36. The van der Waals surface area contributed by atoms with Crippen molar-refractivity contribution in [3.8, 4) is 0 Å². The van der Waals surface area contributed by atoms with Gasteiger partial charge in [-0.25, -0.2) is 0 Å². The molecule has 72 valence electrons. The molecule has 3 nitrogen and oxygen atoms in total. The maximum Gasteiger partial charge on any atom is 0.320 e. The first-order valence-electron chi connectivity index (χ1n) is 4.94. The zero-order chi connectivity index (χ0) is 9.47. The van der Waals surface area contributed by atoms with Crippen LogP contribution in [-0.2, 0) is 14.3 Å². The quantitative estimate of drug-likeness (QED) is 0.492. The topological polar surface area (TPSA) is 43.4 Å². The van der Waals surface area contributed by atoms with Crippen molar-refractivity contribution in [3.05, 3.63) is 0 Å². The van der Waals surface area contributed by atoms with Crippen molar-refractivity contribution in [1.29, 1.82) is 0 Å². The third-order valence-corrected chi connectivity index (χ3v) is 3.13. The Morgan fingerprint density at radius 2 is 2.15 bits per heavy atom. The molecule has 0 spiro atoms. The first-order chi connectivity index (χ1) is 6.19. The van der Waals surface area contributed by atoms with Crippen LogP contribution in [0.3, 0.4) is 0 Å². The van der Waals surface area contributed by atoms with Crippen LogP contribution in [0.15, 0.2) is 0 Å². The maximum absolute atomic E-state index is 11.5. The largest absolute Gasteiger partial charge is 0.393 e. The summed E-state index contributed by atoms with van der Waals surface area (Å²) >= 11 is 0. The van der Waals surface area contributed by atoms with E-state index in [0.717, 1.165) is 25.7 Å². The average Bonchev–Trinajstić information content (AvgIpc) is 2.82. The Morgan fingerprint density at radius 1 is 1.46 bits per heavy atom. The van der Waals surface area contributed by atoms with Crippen molar-refractivity contribution < 1.29 is 14.3 Å². The SMILES string of the molecule is CCCC1(C2CC2)CC(=O)OC1=O. The van der Waals surface area contributed by atoms with E-state index in [0.29, 0.717) is 12.3 Å². The van der Waals surface area contributed by atoms with Crippen LogP contribution in [0.25, 0.3) is 0 Å². The lowest BCUT2D eigenvalue weighted by molar-refractivity contribution is -0.155. The summed E-state index contributed by atoms with van der Waals surface area (Å²) in [6.07, 6.45) is 4.25. The van der Waals surface area contributed by atoms with E-state index in [1.807, 2.05) is 6.92 Å². The van der Waals surface area contributed by atoms with Gasteiger partial charge in [-0.1, -0.05) is 13.3 Å². The molecule has 0 aromatic heterocycles. The summed E-state index contributed by atoms with van der Waals surface area (Å²) in [6.45, 7) is 2.04. The number of hydrogen-bond acceptors (Lipinski definition) is 3. The Labute approximate surface area is 77.4 Å². The van der Waals surface area contributed by atoms with E-state index in [1.165, 1.54) is 0 Å². The van der Waals surface area contributed by atoms with Crippen LogP contribution in [0.4, 0.5) is 0 Å². The lowest BCUT2D eigenvalue weighted by atomic mass is 9.77. The number of carbonyl (C=O) groups is 2. The van der Waals surface area contributed by atoms with Gasteiger partial charge in [0.05, 0.1) is 11.8 Å². The Hall–Kier alpha value is -0.860. The lowest BCUT2D eigenvalue weighted by Gasteiger charge is -2.22. The van der Waals surface area contributed by atoms with Gasteiger partial charge in [0.1, 0.15) is 0 Å². The monoisotopic (exact) mass is 182 g/mol. The van der Waals surface area contributed by atoms with Crippen LogP contribution in [0.5, 0.6) is 0 Å². The van der Waals surface area contributed by atoms with Crippen LogP contribution in [0.1, 0.15) is 39.0 Å². The highest BCUT2D eigenvalue weighted by Crippen LogP contribution is 2.53. The molecule has 0 bridgehead atoms. The molecule has 1 aliphatic heterocycles. The van der Waals surface area contributed by atoms with Crippen LogP contribution in [0.2, 0.25) is 0 Å².